The molecule has 0 atom stereocenters. The van der Waals surface area contributed by atoms with Crippen LogP contribution >= 0.6 is 46.8 Å². The van der Waals surface area contributed by atoms with E-state index in [4.69, 9.17) is 35.4 Å². The normalized spacial score (nSPS) is 10.9. The van der Waals surface area contributed by atoms with Crippen LogP contribution in [0, 0.1) is 11.7 Å². The van der Waals surface area contributed by atoms with E-state index in [0.29, 0.717) is 32.2 Å². The van der Waals surface area contributed by atoms with Crippen LogP contribution in [0.4, 0.5) is 5.13 Å². The number of anilines is 1. The Labute approximate surface area is 197 Å². The molecule has 0 spiro atoms. The summed E-state index contributed by atoms with van der Waals surface area (Å²) in [5.74, 6) is 0.368. The molecule has 1 amide bonds. The molecule has 0 aliphatic heterocycles. The summed E-state index contributed by atoms with van der Waals surface area (Å²) in [7, 11) is 0. The molecule has 0 saturated heterocycles. The Bertz CT molecular complexity index is 1310. The van der Waals surface area contributed by atoms with Crippen LogP contribution in [0.1, 0.15) is 16.0 Å². The molecule has 0 aliphatic carbocycles. The molecule has 0 saturated carbocycles. The lowest BCUT2D eigenvalue weighted by atomic mass is 10.1. The van der Waals surface area contributed by atoms with Crippen molar-refractivity contribution < 1.29 is 4.79 Å². The van der Waals surface area contributed by atoms with Gasteiger partial charge in [0.05, 0.1) is 0 Å². The first kappa shape index (κ1) is 21.7. The lowest BCUT2D eigenvalue weighted by molar-refractivity contribution is -0.116. The fourth-order valence-electron chi connectivity index (χ4n) is 3.08. The molecule has 2 aromatic heterocycles. The second-order valence-corrected chi connectivity index (χ2v) is 9.25. The van der Waals surface area contributed by atoms with E-state index in [1.165, 1.54) is 11.3 Å². The Morgan fingerprint density at radius 2 is 2.10 bits per heavy atom. The highest BCUT2D eigenvalue weighted by molar-refractivity contribution is 7.71. The van der Waals surface area contributed by atoms with Crippen LogP contribution < -0.4 is 5.32 Å². The number of hydrogen-bond acceptors (Lipinski definition) is 5. The monoisotopic (exact) mass is 489 g/mol. The van der Waals surface area contributed by atoms with Crippen LogP contribution in [0.5, 0.6) is 0 Å². The predicted molar refractivity (Wildman–Crippen MR) is 128 cm³/mol. The molecular weight excluding hydrogens is 473 g/mol. The fourth-order valence-corrected chi connectivity index (χ4v) is 4.51. The summed E-state index contributed by atoms with van der Waals surface area (Å²) >= 11 is 19.0. The summed E-state index contributed by atoms with van der Waals surface area (Å²) in [5.41, 5.74) is 2.89. The van der Waals surface area contributed by atoms with Crippen LogP contribution in [0.2, 0.25) is 10.0 Å². The molecule has 0 unspecified atom stereocenters. The number of aromatic amines is 1. The average molecular weight is 490 g/mol. The van der Waals surface area contributed by atoms with Gasteiger partial charge >= 0.3 is 0 Å². The summed E-state index contributed by atoms with van der Waals surface area (Å²) in [5, 5.41) is 11.6. The van der Waals surface area contributed by atoms with Gasteiger partial charge in [-0.15, -0.1) is 11.3 Å². The second-order valence-electron chi connectivity index (χ2n) is 6.90. The maximum Gasteiger partial charge on any atom is 0.246 e. The van der Waals surface area contributed by atoms with Crippen molar-refractivity contribution in [3.05, 3.63) is 79.5 Å². The van der Waals surface area contributed by atoms with Crippen molar-refractivity contribution in [1.82, 2.24) is 19.7 Å². The van der Waals surface area contributed by atoms with Crippen molar-refractivity contribution >= 4 is 57.8 Å². The first-order valence-electron chi connectivity index (χ1n) is 9.30. The molecule has 0 bridgehead atoms. The number of benzene rings is 2. The lowest BCUT2D eigenvalue weighted by Gasteiger charge is -2.07. The highest BCUT2D eigenvalue weighted by Gasteiger charge is 2.14. The van der Waals surface area contributed by atoms with Gasteiger partial charge in [-0.05, 0) is 49.0 Å². The van der Waals surface area contributed by atoms with E-state index < -0.39 is 0 Å². The maximum atomic E-state index is 12.7. The van der Waals surface area contributed by atoms with E-state index in [0.717, 1.165) is 21.6 Å². The predicted octanol–water partition coefficient (Wildman–Crippen LogP) is 5.91. The van der Waals surface area contributed by atoms with Crippen LogP contribution in [0.25, 0.3) is 11.4 Å². The number of hydrogen-bond donors (Lipinski definition) is 2. The highest BCUT2D eigenvalue weighted by Crippen LogP contribution is 2.27. The number of amides is 1. The summed E-state index contributed by atoms with van der Waals surface area (Å²) in [4.78, 5) is 17.9. The largest absolute Gasteiger partial charge is 0.300 e. The van der Waals surface area contributed by atoms with Gasteiger partial charge in [0.1, 0.15) is 6.54 Å². The molecule has 4 aromatic rings. The molecule has 10 heteroatoms. The number of rotatable bonds is 6. The van der Waals surface area contributed by atoms with Crippen molar-refractivity contribution in [2.75, 3.05) is 5.32 Å². The molecule has 158 valence electrons. The molecule has 4 rings (SSSR count). The number of carbonyl (C=O) groups excluding carboxylic acids is 1. The van der Waals surface area contributed by atoms with E-state index in [9.17, 15) is 4.79 Å². The number of thiazole rings is 1. The maximum absolute atomic E-state index is 12.7. The molecule has 2 N–H and O–H groups in total. The molecular formula is C21H17Cl2N5OS2. The standard InChI is InChI=1S/C21H17Cl2N5OS2/c1-12-3-2-4-13(7-12)19-26-27-21(30)28(19)11-18(29)25-20-24-10-16(31-20)9-14-8-15(22)5-6-17(14)23/h2-8,10H,9,11H2,1H3,(H,27,30)(H,24,25,29). The van der Waals surface area contributed by atoms with Gasteiger partial charge in [0, 0.05) is 33.1 Å². The van der Waals surface area contributed by atoms with Crippen molar-refractivity contribution in [3.63, 3.8) is 0 Å². The van der Waals surface area contributed by atoms with Gasteiger partial charge in [0.2, 0.25) is 5.91 Å². The van der Waals surface area contributed by atoms with E-state index >= 15 is 0 Å². The smallest absolute Gasteiger partial charge is 0.246 e. The minimum atomic E-state index is -0.243. The molecule has 0 aliphatic rings. The number of nitrogens with zero attached hydrogens (tertiary/aromatic N) is 3. The van der Waals surface area contributed by atoms with Crippen LogP contribution in [0.3, 0.4) is 0 Å². The first-order chi connectivity index (χ1) is 14.9. The minimum Gasteiger partial charge on any atom is -0.300 e. The number of nitrogens with one attached hydrogen (secondary N) is 2. The highest BCUT2D eigenvalue weighted by atomic mass is 35.5. The molecule has 0 radical (unpaired) electrons. The topological polar surface area (TPSA) is 75.6 Å². The zero-order chi connectivity index (χ0) is 22.0. The summed E-state index contributed by atoms with van der Waals surface area (Å²) in [6.45, 7) is 2.02. The molecule has 31 heavy (non-hydrogen) atoms. The van der Waals surface area contributed by atoms with Gasteiger partial charge in [0.15, 0.2) is 15.7 Å². The van der Waals surface area contributed by atoms with Gasteiger partial charge in [-0.1, -0.05) is 47.0 Å². The summed E-state index contributed by atoms with van der Waals surface area (Å²) in [6.07, 6.45) is 2.30. The number of aromatic nitrogens is 4. The van der Waals surface area contributed by atoms with Gasteiger partial charge in [-0.2, -0.15) is 5.10 Å². The molecule has 0 fully saturated rings. The summed E-state index contributed by atoms with van der Waals surface area (Å²) < 4.78 is 2.04. The third-order valence-electron chi connectivity index (χ3n) is 4.51. The molecule has 2 aromatic carbocycles. The second kappa shape index (κ2) is 9.32. The lowest BCUT2D eigenvalue weighted by Crippen LogP contribution is -2.19. The van der Waals surface area contributed by atoms with E-state index in [2.05, 4.69) is 20.5 Å². The van der Waals surface area contributed by atoms with E-state index in [1.807, 2.05) is 37.3 Å². The van der Waals surface area contributed by atoms with Gasteiger partial charge < -0.3 is 5.32 Å². The fraction of sp³-hybridized carbons (Fsp3) is 0.143. The Kier molecular flexibility index (Phi) is 6.52. The molecule has 2 heterocycles. The number of H-pyrrole nitrogens is 1. The van der Waals surface area contributed by atoms with Crippen molar-refractivity contribution in [1.29, 1.82) is 0 Å². The zero-order valence-corrected chi connectivity index (χ0v) is 19.5. The van der Waals surface area contributed by atoms with Gasteiger partial charge in [0.25, 0.3) is 0 Å². The average Bonchev–Trinajstić information content (AvgIpc) is 3.31. The summed E-state index contributed by atoms with van der Waals surface area (Å²) in [6, 6.07) is 13.2. The number of aryl methyl sites for hydroxylation is 1. The van der Waals surface area contributed by atoms with Gasteiger partial charge in [-0.25, -0.2) is 4.98 Å². The molecule has 6 nitrogen and oxygen atoms in total. The number of halogens is 2. The van der Waals surface area contributed by atoms with E-state index in [1.54, 1.807) is 22.9 Å². The minimum absolute atomic E-state index is 0.0215. The quantitative estimate of drug-likeness (QED) is 0.330. The van der Waals surface area contributed by atoms with Gasteiger partial charge in [-0.3, -0.25) is 14.5 Å². The Hall–Kier alpha value is -2.52. The zero-order valence-electron chi connectivity index (χ0n) is 16.4. The van der Waals surface area contributed by atoms with Crippen LogP contribution in [-0.2, 0) is 17.8 Å². The Morgan fingerprint density at radius 1 is 1.26 bits per heavy atom. The number of carbonyl (C=O) groups is 1. The SMILES string of the molecule is Cc1cccc(-c2n[nH]c(=S)n2CC(=O)Nc2ncc(Cc3cc(Cl)ccc3Cl)s2)c1. The van der Waals surface area contributed by atoms with Crippen molar-refractivity contribution in [2.24, 2.45) is 0 Å². The third-order valence-corrected chi connectivity index (χ3v) is 6.34. The Balaban J connectivity index is 1.46. The van der Waals surface area contributed by atoms with Crippen molar-refractivity contribution in [2.45, 2.75) is 19.9 Å². The Morgan fingerprint density at radius 3 is 2.90 bits per heavy atom. The third kappa shape index (κ3) is 5.22. The first-order valence-corrected chi connectivity index (χ1v) is 11.3. The van der Waals surface area contributed by atoms with Crippen LogP contribution in [-0.4, -0.2) is 25.7 Å². The van der Waals surface area contributed by atoms with Crippen LogP contribution in [0.15, 0.2) is 48.7 Å². The van der Waals surface area contributed by atoms with E-state index in [-0.39, 0.29) is 12.5 Å². The van der Waals surface area contributed by atoms with Crippen molar-refractivity contribution in [3.8, 4) is 11.4 Å².